The molecule has 3 nitrogen and oxygen atoms in total. The molecule has 6 aromatic carbocycles. The summed E-state index contributed by atoms with van der Waals surface area (Å²) in [6, 6.07) is 55.2. The first-order valence-corrected chi connectivity index (χ1v) is 17.3. The molecule has 0 aliphatic heterocycles. The molecule has 0 N–H and O–H groups in total. The summed E-state index contributed by atoms with van der Waals surface area (Å²) in [5.74, 6) is 0. The van der Waals surface area contributed by atoms with Crippen LogP contribution in [0.15, 0.2) is 166 Å². The third kappa shape index (κ3) is 7.85. The number of rotatable bonds is 6. The van der Waals surface area contributed by atoms with Gasteiger partial charge in [-0.15, -0.1) is 0 Å². The summed E-state index contributed by atoms with van der Waals surface area (Å²) in [5.41, 5.74) is 4.57. The van der Waals surface area contributed by atoms with Crippen LogP contribution in [0.1, 0.15) is 11.1 Å². The van der Waals surface area contributed by atoms with Crippen molar-refractivity contribution in [2.75, 3.05) is 0 Å². The fourth-order valence-electron chi connectivity index (χ4n) is 5.31. The van der Waals surface area contributed by atoms with E-state index < -0.39 is 15.6 Å². The summed E-state index contributed by atoms with van der Waals surface area (Å²) in [6.07, 6.45) is 0. The topological polar surface area (TPSA) is 57.2 Å². The van der Waals surface area contributed by atoms with Crippen molar-refractivity contribution < 1.29 is 26.1 Å². The van der Waals surface area contributed by atoms with Crippen molar-refractivity contribution in [3.05, 3.63) is 163 Å². The Kier molecular flexibility index (Phi) is 10.3. The van der Waals surface area contributed by atoms with Gasteiger partial charge in [0.25, 0.3) is 0 Å². The fourth-order valence-corrected chi connectivity index (χ4v) is 7.61. The Bertz CT molecular complexity index is 1990. The van der Waals surface area contributed by atoms with Gasteiger partial charge < -0.3 is 4.55 Å². The van der Waals surface area contributed by atoms with E-state index in [9.17, 15) is 13.2 Å². The van der Waals surface area contributed by atoms with E-state index in [-0.39, 0.29) is 10.9 Å². The minimum atomic E-state index is -6.09. The molecule has 0 saturated heterocycles. The van der Waals surface area contributed by atoms with Gasteiger partial charge in [-0.2, -0.15) is 13.2 Å². The molecule has 0 aromatic heterocycles. The van der Waals surface area contributed by atoms with Crippen molar-refractivity contribution in [2.45, 2.75) is 34.0 Å². The molecule has 6 aromatic rings. The molecule has 0 heterocycles. The van der Waals surface area contributed by atoms with Gasteiger partial charge in [-0.05, 0) is 71.5 Å². The minimum absolute atomic E-state index is 0.308. The number of alkyl halides is 3. The number of halogens is 3. The lowest BCUT2D eigenvalue weighted by Gasteiger charge is -2.21. The second-order valence-electron chi connectivity index (χ2n) is 10.7. The first-order valence-electron chi connectivity index (χ1n) is 14.7. The van der Waals surface area contributed by atoms with E-state index in [2.05, 4.69) is 166 Å². The lowest BCUT2D eigenvalue weighted by atomic mass is 9.86. The van der Waals surface area contributed by atoms with Crippen molar-refractivity contribution in [3.8, 4) is 33.4 Å². The highest BCUT2D eigenvalue weighted by molar-refractivity contribution is 7.97. The Morgan fingerprint density at radius 2 is 0.936 bits per heavy atom. The molecular formula is C39H31F3O3S2. The van der Waals surface area contributed by atoms with Crippen molar-refractivity contribution in [2.24, 2.45) is 0 Å². The zero-order valence-corrected chi connectivity index (χ0v) is 27.2. The fraction of sp³-hybridized carbons (Fsp3) is 0.0769. The van der Waals surface area contributed by atoms with Crippen LogP contribution in [0.2, 0.25) is 0 Å². The zero-order chi connectivity index (χ0) is 33.6. The Labute approximate surface area is 276 Å². The van der Waals surface area contributed by atoms with Crippen molar-refractivity contribution in [1.29, 1.82) is 0 Å². The molecule has 0 amide bonds. The Hall–Kier alpha value is -4.63. The van der Waals surface area contributed by atoms with Crippen LogP contribution < -0.4 is 0 Å². The largest absolute Gasteiger partial charge is 0.741 e. The highest BCUT2D eigenvalue weighted by atomic mass is 32.2. The minimum Gasteiger partial charge on any atom is -0.741 e. The molecule has 6 rings (SSSR count). The van der Waals surface area contributed by atoms with Crippen LogP contribution in [0.25, 0.3) is 33.4 Å². The van der Waals surface area contributed by atoms with Gasteiger partial charge in [-0.3, -0.25) is 0 Å². The number of aryl methyl sites for hydroxylation is 1. The molecule has 238 valence electrons. The van der Waals surface area contributed by atoms with E-state index in [0.29, 0.717) is 0 Å². The average Bonchev–Trinajstić information content (AvgIpc) is 3.07. The molecule has 0 bridgehead atoms. The van der Waals surface area contributed by atoms with E-state index in [1.54, 1.807) is 0 Å². The standard InChI is InChI=1S/C38H31S.CHF3O3S/c1-28-23-25-32(26-24-28)38-36(39(33-19-11-5-12-20-33)34-21-13-6-14-22-34)27-35(30-15-7-3-8-16-30)29(2)37(38)31-17-9-4-10-18-31;2-1(3,4)8(5,6)7/h3-27H,1-2H3;(H,5,6,7)/q+1;/p-1. The Morgan fingerprint density at radius 1 is 0.553 bits per heavy atom. The Balaban J connectivity index is 0.000000483. The van der Waals surface area contributed by atoms with Gasteiger partial charge in [0.1, 0.15) is 0 Å². The normalized spacial score (nSPS) is 11.6. The summed E-state index contributed by atoms with van der Waals surface area (Å²) in [7, 11) is -6.40. The summed E-state index contributed by atoms with van der Waals surface area (Å²) in [6.45, 7) is 4.44. The summed E-state index contributed by atoms with van der Waals surface area (Å²) < 4.78 is 58.9. The maximum Gasteiger partial charge on any atom is 0.485 e. The Morgan fingerprint density at radius 3 is 1.36 bits per heavy atom. The zero-order valence-electron chi connectivity index (χ0n) is 25.6. The van der Waals surface area contributed by atoms with Crippen molar-refractivity contribution in [3.63, 3.8) is 0 Å². The van der Waals surface area contributed by atoms with Gasteiger partial charge in [-0.25, -0.2) is 8.42 Å². The van der Waals surface area contributed by atoms with Crippen LogP contribution in [0, 0.1) is 13.8 Å². The first kappa shape index (κ1) is 33.7. The molecule has 0 fully saturated rings. The van der Waals surface area contributed by atoms with Gasteiger partial charge >= 0.3 is 5.51 Å². The summed E-state index contributed by atoms with van der Waals surface area (Å²) >= 11 is 0. The predicted octanol–water partition coefficient (Wildman–Crippen LogP) is 10.5. The van der Waals surface area contributed by atoms with E-state index in [0.717, 1.165) is 0 Å². The highest BCUT2D eigenvalue weighted by Gasteiger charge is 2.37. The third-order valence-electron chi connectivity index (χ3n) is 7.50. The third-order valence-corrected chi connectivity index (χ3v) is 10.3. The SMILES string of the molecule is Cc1ccc(-c2c([S+](c3ccccc3)c3ccccc3)cc(-c3ccccc3)c(C)c2-c2ccccc2)cc1.O=S(=O)([O-])C(F)(F)F. The molecule has 47 heavy (non-hydrogen) atoms. The second kappa shape index (κ2) is 14.4. The van der Waals surface area contributed by atoms with Crippen LogP contribution in [0.5, 0.6) is 0 Å². The van der Waals surface area contributed by atoms with Gasteiger partial charge in [0, 0.05) is 11.6 Å². The molecule has 0 unspecified atom stereocenters. The average molecular weight is 669 g/mol. The van der Waals surface area contributed by atoms with Gasteiger partial charge in [0.05, 0.1) is 10.9 Å². The van der Waals surface area contributed by atoms with Crippen LogP contribution in [0.4, 0.5) is 13.2 Å². The van der Waals surface area contributed by atoms with Crippen LogP contribution >= 0.6 is 0 Å². The second-order valence-corrected chi connectivity index (χ2v) is 14.1. The number of hydrogen-bond acceptors (Lipinski definition) is 3. The molecule has 0 aliphatic rings. The van der Waals surface area contributed by atoms with Gasteiger partial charge in [0.2, 0.25) is 0 Å². The number of hydrogen-bond donors (Lipinski definition) is 0. The molecule has 0 radical (unpaired) electrons. The summed E-state index contributed by atoms with van der Waals surface area (Å²) in [5, 5.41) is 0. The molecule has 0 saturated carbocycles. The van der Waals surface area contributed by atoms with Crippen LogP contribution in [-0.4, -0.2) is 18.5 Å². The van der Waals surface area contributed by atoms with Crippen molar-refractivity contribution >= 4 is 21.0 Å². The smallest absolute Gasteiger partial charge is 0.485 e. The molecular weight excluding hydrogens is 638 g/mol. The maximum absolute atomic E-state index is 10.7. The molecule has 0 aliphatic carbocycles. The lowest BCUT2D eigenvalue weighted by Crippen LogP contribution is -2.21. The molecule has 8 heteroatoms. The maximum atomic E-state index is 10.7. The van der Waals surface area contributed by atoms with E-state index in [1.807, 2.05) is 0 Å². The molecule has 0 atom stereocenters. The van der Waals surface area contributed by atoms with E-state index in [1.165, 1.54) is 59.2 Å². The molecule has 0 spiro atoms. The number of benzene rings is 6. The van der Waals surface area contributed by atoms with Crippen LogP contribution in [0.3, 0.4) is 0 Å². The lowest BCUT2D eigenvalue weighted by molar-refractivity contribution is -0.0517. The highest BCUT2D eigenvalue weighted by Crippen LogP contribution is 2.47. The van der Waals surface area contributed by atoms with Gasteiger partial charge in [0.15, 0.2) is 24.8 Å². The van der Waals surface area contributed by atoms with E-state index in [4.69, 9.17) is 13.0 Å². The van der Waals surface area contributed by atoms with Crippen molar-refractivity contribution in [1.82, 2.24) is 0 Å². The summed E-state index contributed by atoms with van der Waals surface area (Å²) in [4.78, 5) is 3.98. The monoisotopic (exact) mass is 668 g/mol. The predicted molar refractivity (Wildman–Crippen MR) is 183 cm³/mol. The van der Waals surface area contributed by atoms with Crippen LogP contribution in [-0.2, 0) is 21.0 Å². The first-order chi connectivity index (χ1) is 22.5. The quantitative estimate of drug-likeness (QED) is 0.101. The van der Waals surface area contributed by atoms with E-state index >= 15 is 0 Å². The van der Waals surface area contributed by atoms with Gasteiger partial charge in [-0.1, -0.05) is 127 Å².